The lowest BCUT2D eigenvalue weighted by Gasteiger charge is -2.33. The van der Waals surface area contributed by atoms with Crippen molar-refractivity contribution in [1.29, 1.82) is 0 Å². The predicted octanol–water partition coefficient (Wildman–Crippen LogP) is 2.97. The molecule has 9 nitrogen and oxygen atoms in total. The molecule has 156 valence electrons. The predicted molar refractivity (Wildman–Crippen MR) is 116 cm³/mol. The quantitative estimate of drug-likeness (QED) is 0.531. The van der Waals surface area contributed by atoms with E-state index in [0.29, 0.717) is 28.7 Å². The second-order valence-corrected chi connectivity index (χ2v) is 7.55. The maximum Gasteiger partial charge on any atom is 0.330 e. The van der Waals surface area contributed by atoms with E-state index >= 15 is 0 Å². The van der Waals surface area contributed by atoms with Crippen LogP contribution >= 0.6 is 0 Å². The maximum absolute atomic E-state index is 12.2. The lowest BCUT2D eigenvalue weighted by Crippen LogP contribution is -2.43. The molecule has 0 bridgehead atoms. The number of imidazole rings is 1. The Bertz CT molecular complexity index is 1370. The number of H-pyrrole nitrogens is 1. The van der Waals surface area contributed by atoms with Crippen LogP contribution in [-0.2, 0) is 4.79 Å². The van der Waals surface area contributed by atoms with Crippen LogP contribution in [0.5, 0.6) is 0 Å². The number of aromatic nitrogens is 4. The summed E-state index contributed by atoms with van der Waals surface area (Å²) in [6.07, 6.45) is 1.66. The number of benzene rings is 2. The van der Waals surface area contributed by atoms with Gasteiger partial charge in [-0.3, -0.25) is 9.36 Å². The first-order chi connectivity index (χ1) is 14.9. The highest BCUT2D eigenvalue weighted by Crippen LogP contribution is 2.35. The third-order valence-corrected chi connectivity index (χ3v) is 5.59. The summed E-state index contributed by atoms with van der Waals surface area (Å²) in [4.78, 5) is 33.4. The minimum Gasteiger partial charge on any atom is -0.361 e. The molecule has 2 aromatic carbocycles. The van der Waals surface area contributed by atoms with Gasteiger partial charge in [0.2, 0.25) is 11.7 Å². The smallest absolute Gasteiger partial charge is 0.330 e. The van der Waals surface area contributed by atoms with E-state index in [1.807, 2.05) is 68.3 Å². The molecule has 9 heteroatoms. The largest absolute Gasteiger partial charge is 0.361 e. The number of nitrogens with zero attached hydrogens (tertiary/aromatic N) is 4. The number of anilines is 2. The molecule has 1 amide bonds. The van der Waals surface area contributed by atoms with Gasteiger partial charge in [0.1, 0.15) is 6.04 Å². The summed E-state index contributed by atoms with van der Waals surface area (Å²) >= 11 is 0. The number of fused-ring (bicyclic) bond motifs is 1. The van der Waals surface area contributed by atoms with Gasteiger partial charge in [0.25, 0.3) is 5.89 Å². The molecule has 4 aromatic rings. The first-order valence-corrected chi connectivity index (χ1v) is 9.82. The zero-order valence-corrected chi connectivity index (χ0v) is 17.2. The number of aryl methyl sites for hydroxylation is 1. The molecule has 1 atom stereocenters. The van der Waals surface area contributed by atoms with Crippen molar-refractivity contribution in [3.05, 3.63) is 64.8 Å². The molecule has 31 heavy (non-hydrogen) atoms. The average molecular weight is 416 g/mol. The number of carbonyl (C=O) groups excluding carboxylic acids is 1. The number of likely N-dealkylation sites (N-methyl/N-ethyl adjacent to an activating group) is 1. The van der Waals surface area contributed by atoms with Gasteiger partial charge in [-0.15, -0.1) is 0 Å². The Morgan fingerprint density at radius 2 is 1.94 bits per heavy atom. The molecule has 0 saturated heterocycles. The van der Waals surface area contributed by atoms with Gasteiger partial charge in [-0.2, -0.15) is 4.98 Å². The van der Waals surface area contributed by atoms with Crippen molar-refractivity contribution in [3.8, 4) is 28.5 Å². The zero-order valence-electron chi connectivity index (χ0n) is 17.2. The SMILES string of the molecule is Cc1c[nH]c(=O)n1-c1cccc(-c2noc(-c3ccc4c(c3)NC(=O)C(C)N4C)n2)c1. The average Bonchev–Trinajstić information content (AvgIpc) is 3.39. The summed E-state index contributed by atoms with van der Waals surface area (Å²) in [7, 11) is 1.89. The number of aromatic amines is 1. The summed E-state index contributed by atoms with van der Waals surface area (Å²) < 4.78 is 7.06. The Labute approximate surface area is 177 Å². The first-order valence-electron chi connectivity index (χ1n) is 9.82. The monoisotopic (exact) mass is 416 g/mol. The van der Waals surface area contributed by atoms with E-state index in [4.69, 9.17) is 4.52 Å². The summed E-state index contributed by atoms with van der Waals surface area (Å²) in [5, 5.41) is 7.02. The standard InChI is InChI=1S/C22H20N6O3/c1-12-11-23-22(30)28(12)16-6-4-5-14(9-16)19-25-21(31-26-19)15-7-8-18-17(10-15)24-20(29)13(2)27(18)3/h4-11,13H,1-3H3,(H,23,30)(H,24,29). The van der Waals surface area contributed by atoms with Gasteiger partial charge >= 0.3 is 5.69 Å². The summed E-state index contributed by atoms with van der Waals surface area (Å²) in [5.74, 6) is 0.685. The van der Waals surface area contributed by atoms with Gasteiger partial charge in [0, 0.05) is 30.1 Å². The minimum atomic E-state index is -0.239. The molecule has 3 heterocycles. The van der Waals surface area contributed by atoms with Crippen LogP contribution in [0.25, 0.3) is 28.5 Å². The van der Waals surface area contributed by atoms with E-state index in [1.54, 1.807) is 10.8 Å². The number of hydrogen-bond acceptors (Lipinski definition) is 6. The van der Waals surface area contributed by atoms with E-state index in [0.717, 1.165) is 16.9 Å². The van der Waals surface area contributed by atoms with E-state index in [2.05, 4.69) is 20.4 Å². The molecular weight excluding hydrogens is 396 g/mol. The Balaban J connectivity index is 1.49. The van der Waals surface area contributed by atoms with E-state index in [-0.39, 0.29) is 17.6 Å². The van der Waals surface area contributed by atoms with Crippen LogP contribution in [0.3, 0.4) is 0 Å². The zero-order chi connectivity index (χ0) is 21.7. The highest BCUT2D eigenvalue weighted by atomic mass is 16.5. The molecule has 1 unspecified atom stereocenters. The van der Waals surface area contributed by atoms with E-state index in [1.165, 1.54) is 0 Å². The second kappa shape index (κ2) is 6.98. The van der Waals surface area contributed by atoms with Crippen LogP contribution < -0.4 is 15.9 Å². The lowest BCUT2D eigenvalue weighted by atomic mass is 10.1. The molecule has 0 aliphatic carbocycles. The fourth-order valence-electron chi connectivity index (χ4n) is 3.72. The van der Waals surface area contributed by atoms with Gasteiger partial charge in [0.15, 0.2) is 0 Å². The second-order valence-electron chi connectivity index (χ2n) is 7.55. The van der Waals surface area contributed by atoms with Crippen molar-refractivity contribution < 1.29 is 9.32 Å². The van der Waals surface area contributed by atoms with Crippen molar-refractivity contribution in [2.45, 2.75) is 19.9 Å². The third-order valence-electron chi connectivity index (χ3n) is 5.59. The van der Waals surface area contributed by atoms with Gasteiger partial charge < -0.3 is 19.7 Å². The molecule has 1 aliphatic rings. The van der Waals surface area contributed by atoms with Crippen LogP contribution in [-0.4, -0.2) is 38.7 Å². The fourth-order valence-corrected chi connectivity index (χ4v) is 3.72. The lowest BCUT2D eigenvalue weighted by molar-refractivity contribution is -0.117. The number of nitrogens with one attached hydrogen (secondary N) is 2. The third kappa shape index (κ3) is 3.10. The van der Waals surface area contributed by atoms with Crippen molar-refractivity contribution in [2.24, 2.45) is 0 Å². The molecule has 0 fully saturated rings. The van der Waals surface area contributed by atoms with Crippen LogP contribution in [0, 0.1) is 6.92 Å². The molecule has 2 N–H and O–H groups in total. The highest BCUT2D eigenvalue weighted by Gasteiger charge is 2.27. The first kappa shape index (κ1) is 18.9. The van der Waals surface area contributed by atoms with Gasteiger partial charge in [-0.25, -0.2) is 4.79 Å². The molecule has 0 spiro atoms. The Morgan fingerprint density at radius 1 is 1.10 bits per heavy atom. The summed E-state index contributed by atoms with van der Waals surface area (Å²) in [6, 6.07) is 12.8. The minimum absolute atomic E-state index is 0.0644. The maximum atomic E-state index is 12.2. The Morgan fingerprint density at radius 3 is 2.71 bits per heavy atom. The van der Waals surface area contributed by atoms with Crippen LogP contribution in [0.1, 0.15) is 12.6 Å². The van der Waals surface area contributed by atoms with Crippen molar-refractivity contribution >= 4 is 17.3 Å². The summed E-state index contributed by atoms with van der Waals surface area (Å²) in [5.41, 5.74) is 4.35. The van der Waals surface area contributed by atoms with Crippen LogP contribution in [0.2, 0.25) is 0 Å². The van der Waals surface area contributed by atoms with Crippen molar-refractivity contribution in [1.82, 2.24) is 19.7 Å². The van der Waals surface area contributed by atoms with Gasteiger partial charge in [-0.05, 0) is 44.2 Å². The number of amides is 1. The van der Waals surface area contributed by atoms with Crippen molar-refractivity contribution in [3.63, 3.8) is 0 Å². The Kier molecular flexibility index (Phi) is 4.25. The van der Waals surface area contributed by atoms with Crippen LogP contribution in [0.15, 0.2) is 58.0 Å². The molecule has 0 saturated carbocycles. The number of rotatable bonds is 3. The highest BCUT2D eigenvalue weighted by molar-refractivity contribution is 6.03. The molecular formula is C22H20N6O3. The molecule has 2 aromatic heterocycles. The number of carbonyl (C=O) groups is 1. The molecule has 1 aliphatic heterocycles. The van der Waals surface area contributed by atoms with E-state index < -0.39 is 0 Å². The Hall–Kier alpha value is -4.14. The normalized spacial score (nSPS) is 15.6. The molecule has 0 radical (unpaired) electrons. The van der Waals surface area contributed by atoms with Crippen molar-refractivity contribution in [2.75, 3.05) is 17.3 Å². The van der Waals surface area contributed by atoms with Gasteiger partial charge in [-0.1, -0.05) is 17.3 Å². The van der Waals surface area contributed by atoms with Crippen LogP contribution in [0.4, 0.5) is 11.4 Å². The van der Waals surface area contributed by atoms with E-state index in [9.17, 15) is 9.59 Å². The number of hydrogen-bond donors (Lipinski definition) is 2. The molecule has 5 rings (SSSR count). The summed E-state index contributed by atoms with van der Waals surface area (Å²) in [6.45, 7) is 3.71. The topological polar surface area (TPSA) is 109 Å². The van der Waals surface area contributed by atoms with Gasteiger partial charge in [0.05, 0.1) is 17.1 Å². The fraction of sp³-hybridized carbons (Fsp3) is 0.182.